The number of amidine groups is 1. The molecule has 0 N–H and O–H groups in total. The highest BCUT2D eigenvalue weighted by atomic mass is 32.2. The van der Waals surface area contributed by atoms with Crippen LogP contribution in [-0.2, 0) is 4.74 Å². The van der Waals surface area contributed by atoms with Gasteiger partial charge < -0.3 is 9.64 Å². The van der Waals surface area contributed by atoms with Gasteiger partial charge in [-0.2, -0.15) is 0 Å². The molecule has 0 aliphatic carbocycles. The van der Waals surface area contributed by atoms with Gasteiger partial charge in [-0.3, -0.25) is 0 Å². The van der Waals surface area contributed by atoms with Crippen LogP contribution in [0.15, 0.2) is 45.2 Å². The summed E-state index contributed by atoms with van der Waals surface area (Å²) in [5.74, 6) is 0.858. The van der Waals surface area contributed by atoms with E-state index in [1.165, 1.54) is 11.9 Å². The fourth-order valence-corrected chi connectivity index (χ4v) is 1.87. The summed E-state index contributed by atoms with van der Waals surface area (Å²) in [7, 11) is 0. The van der Waals surface area contributed by atoms with Gasteiger partial charge in [-0.05, 0) is 17.2 Å². The number of benzene rings is 1. The monoisotopic (exact) mass is 264 g/mol. The minimum Gasteiger partial charge on any atom is -0.378 e. The van der Waals surface area contributed by atoms with E-state index >= 15 is 0 Å². The molecule has 0 bridgehead atoms. The highest BCUT2D eigenvalue weighted by molar-refractivity contribution is 7.97. The third-order valence-electron chi connectivity index (χ3n) is 2.60. The van der Waals surface area contributed by atoms with E-state index in [1.54, 1.807) is 0 Å². The van der Waals surface area contributed by atoms with Gasteiger partial charge in [0.15, 0.2) is 5.84 Å². The molecule has 2 rings (SSSR count). The van der Waals surface area contributed by atoms with Gasteiger partial charge in [-0.15, -0.1) is 5.10 Å². The Morgan fingerprint density at radius 3 is 2.61 bits per heavy atom. The third-order valence-corrected chi connectivity index (χ3v) is 2.84. The summed E-state index contributed by atoms with van der Waals surface area (Å²) in [6.07, 6.45) is 1.86. The van der Waals surface area contributed by atoms with E-state index in [1.807, 2.05) is 36.6 Å². The van der Waals surface area contributed by atoms with Crippen molar-refractivity contribution in [1.82, 2.24) is 4.90 Å². The van der Waals surface area contributed by atoms with Gasteiger partial charge in [-0.1, -0.05) is 34.9 Å². The van der Waals surface area contributed by atoms with Gasteiger partial charge in [0, 0.05) is 24.9 Å². The number of hydrogen-bond acceptors (Lipinski definition) is 4. The van der Waals surface area contributed by atoms with Gasteiger partial charge in [0.25, 0.3) is 0 Å². The molecule has 5 nitrogen and oxygen atoms in total. The van der Waals surface area contributed by atoms with Gasteiger partial charge >= 0.3 is 0 Å². The topological polar surface area (TPSA) is 49.5 Å². The molecule has 0 amide bonds. The lowest BCUT2D eigenvalue weighted by atomic mass is 10.2. The van der Waals surface area contributed by atoms with Crippen LogP contribution in [0.4, 0.5) is 0 Å². The molecule has 0 radical (unpaired) electrons. The fourth-order valence-electron chi connectivity index (χ4n) is 1.76. The van der Waals surface area contributed by atoms with E-state index in [9.17, 15) is 0 Å². The summed E-state index contributed by atoms with van der Waals surface area (Å²) in [5, 5.41) is 8.07. The van der Waals surface area contributed by atoms with Crippen molar-refractivity contribution in [3.63, 3.8) is 0 Å². The Bertz CT molecular complexity index is 415. The average molecular weight is 264 g/mol. The highest BCUT2D eigenvalue weighted by Gasteiger charge is 2.16. The Hall–Kier alpha value is -1.40. The van der Waals surface area contributed by atoms with E-state index in [2.05, 4.69) is 19.7 Å². The molecule has 0 spiro atoms. The van der Waals surface area contributed by atoms with Gasteiger partial charge in [0.05, 0.1) is 13.2 Å². The predicted molar refractivity (Wildman–Crippen MR) is 73.7 cm³/mol. The second-order valence-corrected chi connectivity index (χ2v) is 4.27. The fraction of sp³-hybridized carbons (Fsp3) is 0.417. The number of ether oxygens (including phenoxy) is 1. The Morgan fingerprint density at radius 1 is 1.22 bits per heavy atom. The van der Waals surface area contributed by atoms with Crippen LogP contribution < -0.4 is 0 Å². The Labute approximate surface area is 111 Å². The quantitative estimate of drug-likeness (QED) is 0.277. The Morgan fingerprint density at radius 2 is 1.94 bits per heavy atom. The summed E-state index contributed by atoms with van der Waals surface area (Å²) < 4.78 is 9.18. The molecule has 0 unspecified atom stereocenters. The van der Waals surface area contributed by atoms with Crippen LogP contribution in [0, 0.1) is 0 Å². The molecule has 1 heterocycles. The molecule has 1 aromatic carbocycles. The minimum absolute atomic E-state index is 0.728. The molecule has 0 saturated carbocycles. The highest BCUT2D eigenvalue weighted by Crippen LogP contribution is 2.09. The maximum Gasteiger partial charge on any atom is 0.160 e. The first-order valence-electron chi connectivity index (χ1n) is 5.81. The molecule has 1 aliphatic heterocycles. The van der Waals surface area contributed by atoms with Crippen molar-refractivity contribution in [3.05, 3.63) is 35.9 Å². The van der Waals surface area contributed by atoms with Gasteiger partial charge in [0.2, 0.25) is 0 Å². The molecule has 1 aromatic rings. The van der Waals surface area contributed by atoms with Crippen molar-refractivity contribution >= 4 is 17.8 Å². The number of hydrogen-bond donors (Lipinski definition) is 0. The van der Waals surface area contributed by atoms with Crippen LogP contribution in [0.1, 0.15) is 5.56 Å². The van der Waals surface area contributed by atoms with E-state index in [0.717, 1.165) is 37.7 Å². The molecular weight excluding hydrogens is 248 g/mol. The van der Waals surface area contributed by atoms with Crippen molar-refractivity contribution in [3.8, 4) is 0 Å². The predicted octanol–water partition coefficient (Wildman–Crippen LogP) is 2.41. The van der Waals surface area contributed by atoms with E-state index in [4.69, 9.17) is 4.74 Å². The molecule has 18 heavy (non-hydrogen) atoms. The first-order valence-corrected chi connectivity index (χ1v) is 6.99. The summed E-state index contributed by atoms with van der Waals surface area (Å²) in [4.78, 5) is 2.18. The van der Waals surface area contributed by atoms with E-state index in [-0.39, 0.29) is 0 Å². The molecule has 0 aromatic heterocycles. The maximum absolute atomic E-state index is 5.36. The van der Waals surface area contributed by atoms with Crippen molar-refractivity contribution in [2.75, 3.05) is 32.6 Å². The molecule has 1 aliphatic rings. The molecule has 0 atom stereocenters. The lowest BCUT2D eigenvalue weighted by Crippen LogP contribution is -2.41. The Balaban J connectivity index is 2.22. The molecule has 6 heteroatoms. The SMILES string of the molecule is CSN=NN=C(c1ccccc1)N1CCOCC1. The Kier molecular flexibility index (Phi) is 5.16. The minimum atomic E-state index is 0.728. The zero-order valence-corrected chi connectivity index (χ0v) is 11.1. The third kappa shape index (κ3) is 3.54. The molecule has 1 fully saturated rings. The summed E-state index contributed by atoms with van der Waals surface area (Å²) in [5.41, 5.74) is 1.06. The second-order valence-electron chi connectivity index (χ2n) is 3.74. The average Bonchev–Trinajstić information content (AvgIpc) is 2.46. The number of nitrogens with zero attached hydrogens (tertiary/aromatic N) is 4. The molecule has 96 valence electrons. The smallest absolute Gasteiger partial charge is 0.160 e. The lowest BCUT2D eigenvalue weighted by molar-refractivity contribution is 0.0682. The van der Waals surface area contributed by atoms with Crippen molar-refractivity contribution in [2.45, 2.75) is 0 Å². The van der Waals surface area contributed by atoms with Crippen molar-refractivity contribution in [1.29, 1.82) is 0 Å². The maximum atomic E-state index is 5.36. The summed E-state index contributed by atoms with van der Waals surface area (Å²) in [6.45, 7) is 3.13. The summed E-state index contributed by atoms with van der Waals surface area (Å²) >= 11 is 1.29. The van der Waals surface area contributed by atoms with Crippen LogP contribution in [-0.4, -0.2) is 43.3 Å². The van der Waals surface area contributed by atoms with Crippen LogP contribution >= 0.6 is 11.9 Å². The van der Waals surface area contributed by atoms with Gasteiger partial charge in [-0.25, -0.2) is 0 Å². The first-order chi connectivity index (χ1) is 8.92. The standard InChI is InChI=1S/C12H16N4OS/c1-18-15-14-13-12(11-5-3-2-4-6-11)16-7-9-17-10-8-16/h2-6H,7-10H2,1H3. The molecule has 1 saturated heterocycles. The number of morpholine rings is 1. The van der Waals surface area contributed by atoms with Gasteiger partial charge in [0.1, 0.15) is 0 Å². The summed E-state index contributed by atoms with van der Waals surface area (Å²) in [6, 6.07) is 10.0. The van der Waals surface area contributed by atoms with Crippen LogP contribution in [0.5, 0.6) is 0 Å². The van der Waals surface area contributed by atoms with Crippen LogP contribution in [0.25, 0.3) is 0 Å². The second kappa shape index (κ2) is 7.13. The number of rotatable bonds is 3. The first kappa shape index (κ1) is 13.0. The van der Waals surface area contributed by atoms with Crippen LogP contribution in [0.2, 0.25) is 0 Å². The van der Waals surface area contributed by atoms with Crippen molar-refractivity contribution in [2.24, 2.45) is 14.8 Å². The molecular formula is C12H16N4OS. The largest absolute Gasteiger partial charge is 0.378 e. The lowest BCUT2D eigenvalue weighted by Gasteiger charge is -2.29. The zero-order valence-electron chi connectivity index (χ0n) is 10.3. The normalized spacial score (nSPS) is 17.4. The zero-order chi connectivity index (χ0) is 12.6. The van der Waals surface area contributed by atoms with E-state index in [0.29, 0.717) is 0 Å². The van der Waals surface area contributed by atoms with E-state index < -0.39 is 0 Å². The van der Waals surface area contributed by atoms with Crippen LogP contribution in [0.3, 0.4) is 0 Å². The van der Waals surface area contributed by atoms with Crippen molar-refractivity contribution < 1.29 is 4.74 Å².